The molecule has 1 saturated heterocycles. The van der Waals surface area contributed by atoms with Crippen LogP contribution in [0.2, 0.25) is 0 Å². The van der Waals surface area contributed by atoms with E-state index in [1.54, 1.807) is 6.33 Å². The van der Waals surface area contributed by atoms with Crippen molar-refractivity contribution in [2.75, 3.05) is 36.0 Å². The smallest absolute Gasteiger partial charge is 0.254 e. The molecular formula is C17H18N8. The molecule has 0 atom stereocenters. The molecule has 8 heteroatoms. The summed E-state index contributed by atoms with van der Waals surface area (Å²) in [7, 11) is 0. The third-order valence-corrected chi connectivity index (χ3v) is 4.64. The van der Waals surface area contributed by atoms with Crippen molar-refractivity contribution in [2.45, 2.75) is 6.92 Å². The number of nitrogens with one attached hydrogen (secondary N) is 1. The molecule has 25 heavy (non-hydrogen) atoms. The number of rotatable bonds is 2. The first kappa shape index (κ1) is 14.2. The highest BCUT2D eigenvalue weighted by Crippen LogP contribution is 2.21. The summed E-state index contributed by atoms with van der Waals surface area (Å²) in [5, 5.41) is 4.31. The van der Waals surface area contributed by atoms with Gasteiger partial charge in [-0.15, -0.1) is 0 Å². The molecule has 1 N–H and O–H groups in total. The van der Waals surface area contributed by atoms with Crippen LogP contribution in [-0.4, -0.2) is 55.7 Å². The molecule has 8 nitrogen and oxygen atoms in total. The van der Waals surface area contributed by atoms with Crippen molar-refractivity contribution < 1.29 is 0 Å². The molecule has 1 aliphatic rings. The monoisotopic (exact) mass is 334 g/mol. The summed E-state index contributed by atoms with van der Waals surface area (Å²) >= 11 is 0. The number of benzene rings is 1. The van der Waals surface area contributed by atoms with Crippen LogP contribution in [0.25, 0.3) is 16.8 Å². The fourth-order valence-electron chi connectivity index (χ4n) is 3.37. The molecule has 4 aromatic rings. The van der Waals surface area contributed by atoms with E-state index in [-0.39, 0.29) is 0 Å². The summed E-state index contributed by atoms with van der Waals surface area (Å²) in [6.07, 6.45) is 1.55. The number of anilines is 2. The van der Waals surface area contributed by atoms with E-state index < -0.39 is 0 Å². The number of hydrogen-bond acceptors (Lipinski definition) is 6. The van der Waals surface area contributed by atoms with Crippen molar-refractivity contribution in [3.63, 3.8) is 0 Å². The van der Waals surface area contributed by atoms with Crippen LogP contribution in [-0.2, 0) is 0 Å². The van der Waals surface area contributed by atoms with Gasteiger partial charge in [0, 0.05) is 37.9 Å². The quantitative estimate of drug-likeness (QED) is 0.600. The molecule has 1 aliphatic heterocycles. The Bertz CT molecular complexity index is 1010. The molecule has 0 spiro atoms. The largest absolute Gasteiger partial charge is 0.353 e. The fourth-order valence-corrected chi connectivity index (χ4v) is 3.37. The number of aromatic amines is 1. The Hall–Kier alpha value is -3.16. The molecule has 3 aromatic heterocycles. The number of hydrogen-bond donors (Lipinski definition) is 1. The minimum Gasteiger partial charge on any atom is -0.353 e. The van der Waals surface area contributed by atoms with Crippen LogP contribution in [0.4, 0.5) is 11.8 Å². The highest BCUT2D eigenvalue weighted by Gasteiger charge is 2.22. The lowest BCUT2D eigenvalue weighted by atomic mass is 10.3. The van der Waals surface area contributed by atoms with E-state index in [0.717, 1.165) is 54.7 Å². The van der Waals surface area contributed by atoms with E-state index in [9.17, 15) is 0 Å². The number of aryl methyl sites for hydroxylation is 1. The number of imidazole rings is 1. The van der Waals surface area contributed by atoms with Gasteiger partial charge < -0.3 is 14.8 Å². The zero-order chi connectivity index (χ0) is 16.8. The van der Waals surface area contributed by atoms with Gasteiger partial charge in [-0.1, -0.05) is 12.1 Å². The van der Waals surface area contributed by atoms with Crippen molar-refractivity contribution in [1.82, 2.24) is 29.5 Å². The maximum absolute atomic E-state index is 4.70. The predicted molar refractivity (Wildman–Crippen MR) is 96.0 cm³/mol. The molecule has 1 fully saturated rings. The second kappa shape index (κ2) is 5.44. The average molecular weight is 334 g/mol. The van der Waals surface area contributed by atoms with Crippen molar-refractivity contribution in [1.29, 1.82) is 0 Å². The van der Waals surface area contributed by atoms with Gasteiger partial charge in [-0.2, -0.15) is 14.6 Å². The molecule has 0 bridgehead atoms. The minimum absolute atomic E-state index is 0.648. The molecule has 0 unspecified atom stereocenters. The van der Waals surface area contributed by atoms with Gasteiger partial charge >= 0.3 is 0 Å². The van der Waals surface area contributed by atoms with Crippen molar-refractivity contribution in [2.24, 2.45) is 0 Å². The predicted octanol–water partition coefficient (Wildman–Crippen LogP) is 1.64. The summed E-state index contributed by atoms with van der Waals surface area (Å²) < 4.78 is 1.81. The van der Waals surface area contributed by atoms with Crippen LogP contribution in [0.3, 0.4) is 0 Å². The third kappa shape index (κ3) is 2.37. The van der Waals surface area contributed by atoms with E-state index in [1.165, 1.54) is 0 Å². The Labute approximate surface area is 144 Å². The maximum Gasteiger partial charge on any atom is 0.254 e. The van der Waals surface area contributed by atoms with Crippen molar-refractivity contribution >= 4 is 28.6 Å². The van der Waals surface area contributed by atoms with Crippen LogP contribution in [0, 0.1) is 6.92 Å². The lowest BCUT2D eigenvalue weighted by Gasteiger charge is -2.35. The summed E-state index contributed by atoms with van der Waals surface area (Å²) in [5.74, 6) is 2.64. The Balaban J connectivity index is 1.39. The highest BCUT2D eigenvalue weighted by atomic mass is 15.4. The van der Waals surface area contributed by atoms with Gasteiger partial charge in [0.05, 0.1) is 11.0 Å². The SMILES string of the molecule is Cc1cc(N2CCN(c3nc4ccccc4[nH]3)CC2)n2ncnc2n1. The number of nitrogens with zero attached hydrogens (tertiary/aromatic N) is 7. The van der Waals surface area contributed by atoms with E-state index in [4.69, 9.17) is 4.98 Å². The number of fused-ring (bicyclic) bond motifs is 2. The van der Waals surface area contributed by atoms with E-state index in [2.05, 4.69) is 42.0 Å². The van der Waals surface area contributed by atoms with Crippen molar-refractivity contribution in [3.8, 4) is 0 Å². The van der Waals surface area contributed by atoms with Crippen LogP contribution in [0.5, 0.6) is 0 Å². The van der Waals surface area contributed by atoms with Gasteiger partial charge in [-0.25, -0.2) is 9.97 Å². The molecule has 4 heterocycles. The molecule has 1 aromatic carbocycles. The first-order valence-electron chi connectivity index (χ1n) is 8.40. The molecule has 126 valence electrons. The zero-order valence-electron chi connectivity index (χ0n) is 13.9. The lowest BCUT2D eigenvalue weighted by molar-refractivity contribution is 0.629. The number of para-hydroxylation sites is 2. The highest BCUT2D eigenvalue weighted by molar-refractivity contribution is 5.77. The van der Waals surface area contributed by atoms with Crippen molar-refractivity contribution in [3.05, 3.63) is 42.4 Å². The summed E-state index contributed by atoms with van der Waals surface area (Å²) in [6.45, 7) is 5.59. The Morgan fingerprint density at radius 1 is 1.00 bits per heavy atom. The van der Waals surface area contributed by atoms with Gasteiger partial charge in [-0.3, -0.25) is 0 Å². The van der Waals surface area contributed by atoms with Gasteiger partial charge in [0.2, 0.25) is 5.95 Å². The molecule has 0 amide bonds. The molecule has 0 radical (unpaired) electrons. The van der Waals surface area contributed by atoms with E-state index in [1.807, 2.05) is 29.6 Å². The molecular weight excluding hydrogens is 316 g/mol. The normalized spacial score (nSPS) is 15.4. The molecule has 0 aliphatic carbocycles. The van der Waals surface area contributed by atoms with Crippen LogP contribution in [0.15, 0.2) is 36.7 Å². The van der Waals surface area contributed by atoms with Gasteiger partial charge in [0.15, 0.2) is 0 Å². The lowest BCUT2D eigenvalue weighted by Crippen LogP contribution is -2.47. The van der Waals surface area contributed by atoms with Crippen LogP contribution >= 0.6 is 0 Å². The first-order valence-corrected chi connectivity index (χ1v) is 8.40. The molecule has 5 rings (SSSR count). The number of H-pyrrole nitrogens is 1. The topological polar surface area (TPSA) is 78.2 Å². The van der Waals surface area contributed by atoms with Gasteiger partial charge in [-0.05, 0) is 19.1 Å². The average Bonchev–Trinajstić information content (AvgIpc) is 3.27. The summed E-state index contributed by atoms with van der Waals surface area (Å²) in [6, 6.07) is 10.2. The Kier molecular flexibility index (Phi) is 3.09. The maximum atomic E-state index is 4.70. The Morgan fingerprint density at radius 3 is 2.64 bits per heavy atom. The van der Waals surface area contributed by atoms with E-state index >= 15 is 0 Å². The zero-order valence-corrected chi connectivity index (χ0v) is 13.9. The molecule has 0 saturated carbocycles. The third-order valence-electron chi connectivity index (χ3n) is 4.64. The summed E-state index contributed by atoms with van der Waals surface area (Å²) in [4.78, 5) is 21.4. The van der Waals surface area contributed by atoms with Crippen LogP contribution in [0.1, 0.15) is 5.69 Å². The van der Waals surface area contributed by atoms with Gasteiger partial charge in [0.1, 0.15) is 12.1 Å². The second-order valence-electron chi connectivity index (χ2n) is 6.28. The number of piperazine rings is 1. The van der Waals surface area contributed by atoms with E-state index in [0.29, 0.717) is 5.78 Å². The fraction of sp³-hybridized carbons (Fsp3) is 0.294. The Morgan fingerprint density at radius 2 is 1.80 bits per heavy atom. The van der Waals surface area contributed by atoms with Gasteiger partial charge in [0.25, 0.3) is 5.78 Å². The second-order valence-corrected chi connectivity index (χ2v) is 6.28. The summed E-state index contributed by atoms with van der Waals surface area (Å²) in [5.41, 5.74) is 3.04. The first-order chi connectivity index (χ1) is 12.3. The standard InChI is InChI=1S/C17H18N8/c1-12-10-15(25-16(20-12)18-11-19-25)23-6-8-24(9-7-23)17-21-13-4-2-3-5-14(13)22-17/h2-5,10-11H,6-9H2,1H3,(H,21,22). The van der Waals surface area contributed by atoms with Crippen LogP contribution < -0.4 is 9.80 Å². The minimum atomic E-state index is 0.648. The number of aromatic nitrogens is 6.